The van der Waals surface area contributed by atoms with E-state index in [0.29, 0.717) is 16.4 Å². The molecule has 4 aromatic rings. The van der Waals surface area contributed by atoms with Crippen molar-refractivity contribution in [2.75, 3.05) is 17.1 Å². The lowest BCUT2D eigenvalue weighted by atomic mass is 10.1. The summed E-state index contributed by atoms with van der Waals surface area (Å²) >= 11 is 1.31. The van der Waals surface area contributed by atoms with Crippen LogP contribution in [0, 0.1) is 13.8 Å². The number of amides is 1. The zero-order valence-corrected chi connectivity index (χ0v) is 20.5. The summed E-state index contributed by atoms with van der Waals surface area (Å²) in [6.45, 7) is 3.84. The van der Waals surface area contributed by atoms with Gasteiger partial charge in [0, 0.05) is 22.2 Å². The van der Waals surface area contributed by atoms with Crippen molar-refractivity contribution in [1.82, 2.24) is 4.98 Å². The number of carbonyl (C=O) groups excluding carboxylic acids is 1. The number of nitrogens with zero attached hydrogens (tertiary/aromatic N) is 1. The van der Waals surface area contributed by atoms with Gasteiger partial charge >= 0.3 is 0 Å². The highest BCUT2D eigenvalue weighted by Gasteiger charge is 2.16. The Morgan fingerprint density at radius 1 is 1.00 bits per heavy atom. The molecule has 3 aromatic carbocycles. The van der Waals surface area contributed by atoms with Crippen LogP contribution in [0.4, 0.5) is 10.8 Å². The van der Waals surface area contributed by atoms with Gasteiger partial charge in [-0.25, -0.2) is 13.4 Å². The Bertz CT molecular complexity index is 1450. The van der Waals surface area contributed by atoms with Gasteiger partial charge in [-0.15, -0.1) is 11.3 Å². The molecule has 0 aliphatic carbocycles. The number of nitrogens with one attached hydrogen (secondary N) is 2. The van der Waals surface area contributed by atoms with Crippen molar-refractivity contribution in [3.63, 3.8) is 0 Å². The van der Waals surface area contributed by atoms with Crippen molar-refractivity contribution in [2.45, 2.75) is 18.7 Å². The first-order valence-electron chi connectivity index (χ1n) is 10.4. The molecular weight excluding hydrogens is 470 g/mol. The van der Waals surface area contributed by atoms with Crippen LogP contribution in [-0.2, 0) is 10.0 Å². The number of anilines is 2. The van der Waals surface area contributed by atoms with Gasteiger partial charge in [0.15, 0.2) is 5.13 Å². The van der Waals surface area contributed by atoms with Gasteiger partial charge in [0.25, 0.3) is 15.9 Å². The van der Waals surface area contributed by atoms with E-state index in [2.05, 4.69) is 15.0 Å². The minimum Gasteiger partial charge on any atom is -0.496 e. The van der Waals surface area contributed by atoms with Crippen LogP contribution in [0.5, 0.6) is 5.75 Å². The minimum absolute atomic E-state index is 0.150. The van der Waals surface area contributed by atoms with Crippen LogP contribution in [0.2, 0.25) is 0 Å². The summed E-state index contributed by atoms with van der Waals surface area (Å²) in [4.78, 5) is 17.4. The zero-order chi connectivity index (χ0) is 24.3. The number of aromatic nitrogens is 1. The molecule has 0 fully saturated rings. The molecule has 0 saturated heterocycles. The lowest BCUT2D eigenvalue weighted by Gasteiger charge is -2.10. The topological polar surface area (TPSA) is 97.4 Å². The molecule has 0 bridgehead atoms. The zero-order valence-electron chi connectivity index (χ0n) is 18.8. The highest BCUT2D eigenvalue weighted by atomic mass is 32.2. The Hall–Kier alpha value is -3.69. The molecule has 0 atom stereocenters. The largest absolute Gasteiger partial charge is 0.496 e. The number of aryl methyl sites for hydroxylation is 2. The Morgan fingerprint density at radius 3 is 2.47 bits per heavy atom. The van der Waals surface area contributed by atoms with E-state index >= 15 is 0 Å². The van der Waals surface area contributed by atoms with Gasteiger partial charge in [-0.3, -0.25) is 14.8 Å². The third-order valence-electron chi connectivity index (χ3n) is 5.12. The summed E-state index contributed by atoms with van der Waals surface area (Å²) in [5.41, 5.74) is 4.21. The normalized spacial score (nSPS) is 11.1. The molecule has 2 N–H and O–H groups in total. The second-order valence-electron chi connectivity index (χ2n) is 7.68. The van der Waals surface area contributed by atoms with Crippen molar-refractivity contribution < 1.29 is 17.9 Å². The molecule has 1 heterocycles. The standard InChI is InChI=1S/C25H23N3O4S2/c1-16-7-10-21(11-8-16)34(30,31)28-20-6-4-5-19(14-20)24(29)27-25-26-22(15-33-25)18-9-12-23(32-3)17(2)13-18/h4-15,28H,1-3H3,(H,26,27,29). The molecule has 34 heavy (non-hydrogen) atoms. The van der Waals surface area contributed by atoms with Gasteiger partial charge < -0.3 is 4.74 Å². The van der Waals surface area contributed by atoms with E-state index in [0.717, 1.165) is 28.1 Å². The van der Waals surface area contributed by atoms with E-state index in [9.17, 15) is 13.2 Å². The number of carbonyl (C=O) groups is 1. The van der Waals surface area contributed by atoms with E-state index < -0.39 is 10.0 Å². The first-order valence-corrected chi connectivity index (χ1v) is 12.7. The number of hydrogen-bond acceptors (Lipinski definition) is 6. The molecule has 1 aromatic heterocycles. The van der Waals surface area contributed by atoms with Crippen molar-refractivity contribution in [3.05, 3.63) is 88.8 Å². The molecule has 7 nitrogen and oxygen atoms in total. The molecular formula is C25H23N3O4S2. The second kappa shape index (κ2) is 9.66. The molecule has 0 radical (unpaired) electrons. The molecule has 9 heteroatoms. The molecule has 0 spiro atoms. The number of ether oxygens (including phenoxy) is 1. The molecule has 4 rings (SSSR count). The van der Waals surface area contributed by atoms with Crippen LogP contribution in [-0.4, -0.2) is 26.4 Å². The quantitative estimate of drug-likeness (QED) is 0.355. The van der Waals surface area contributed by atoms with Crippen LogP contribution in [0.1, 0.15) is 21.5 Å². The number of hydrogen-bond donors (Lipinski definition) is 2. The van der Waals surface area contributed by atoms with Gasteiger partial charge in [-0.2, -0.15) is 0 Å². The van der Waals surface area contributed by atoms with E-state index in [-0.39, 0.29) is 10.8 Å². The predicted molar refractivity (Wildman–Crippen MR) is 135 cm³/mol. The predicted octanol–water partition coefficient (Wildman–Crippen LogP) is 5.49. The second-order valence-corrected chi connectivity index (χ2v) is 10.2. The average Bonchev–Trinajstić information content (AvgIpc) is 3.27. The average molecular weight is 494 g/mol. The number of methoxy groups -OCH3 is 1. The Labute approximate surface area is 202 Å². The van der Waals surface area contributed by atoms with E-state index in [1.807, 2.05) is 37.4 Å². The van der Waals surface area contributed by atoms with Gasteiger partial charge in [-0.05, 0) is 67.9 Å². The van der Waals surface area contributed by atoms with E-state index in [1.54, 1.807) is 49.6 Å². The third kappa shape index (κ3) is 5.27. The van der Waals surface area contributed by atoms with Crippen molar-refractivity contribution in [1.29, 1.82) is 0 Å². The molecule has 0 aliphatic heterocycles. The highest BCUT2D eigenvalue weighted by Crippen LogP contribution is 2.29. The van der Waals surface area contributed by atoms with Crippen LogP contribution in [0.25, 0.3) is 11.3 Å². The Balaban J connectivity index is 1.48. The molecule has 174 valence electrons. The summed E-state index contributed by atoms with van der Waals surface area (Å²) in [6.07, 6.45) is 0. The first-order chi connectivity index (χ1) is 16.2. The van der Waals surface area contributed by atoms with Gasteiger partial charge in [0.2, 0.25) is 0 Å². The smallest absolute Gasteiger partial charge is 0.261 e. The van der Waals surface area contributed by atoms with Gasteiger partial charge in [0.1, 0.15) is 5.75 Å². The molecule has 1 amide bonds. The summed E-state index contributed by atoms with van der Waals surface area (Å²) in [7, 11) is -2.14. The van der Waals surface area contributed by atoms with Crippen molar-refractivity contribution in [3.8, 4) is 17.0 Å². The number of sulfonamides is 1. The Morgan fingerprint density at radius 2 is 1.76 bits per heavy atom. The van der Waals surface area contributed by atoms with E-state index in [4.69, 9.17) is 4.74 Å². The van der Waals surface area contributed by atoms with Crippen molar-refractivity contribution >= 4 is 38.1 Å². The summed E-state index contributed by atoms with van der Waals surface area (Å²) < 4.78 is 33.1. The molecule has 0 saturated carbocycles. The SMILES string of the molecule is COc1ccc(-c2csc(NC(=O)c3cccc(NS(=O)(=O)c4ccc(C)cc4)c3)n2)cc1C. The lowest BCUT2D eigenvalue weighted by Crippen LogP contribution is -2.15. The summed E-state index contributed by atoms with van der Waals surface area (Å²) in [5.74, 6) is 0.411. The molecule has 0 unspecified atom stereocenters. The maximum absolute atomic E-state index is 12.8. The number of rotatable bonds is 7. The van der Waals surface area contributed by atoms with Crippen molar-refractivity contribution in [2.24, 2.45) is 0 Å². The maximum Gasteiger partial charge on any atom is 0.261 e. The molecule has 0 aliphatic rings. The lowest BCUT2D eigenvalue weighted by molar-refractivity contribution is 0.102. The van der Waals surface area contributed by atoms with Crippen LogP contribution in [0.15, 0.2) is 77.0 Å². The van der Waals surface area contributed by atoms with Crippen LogP contribution < -0.4 is 14.8 Å². The third-order valence-corrected chi connectivity index (χ3v) is 7.28. The minimum atomic E-state index is -3.77. The Kier molecular flexibility index (Phi) is 6.67. The number of thiazole rings is 1. The fraction of sp³-hybridized carbons (Fsp3) is 0.120. The highest BCUT2D eigenvalue weighted by molar-refractivity contribution is 7.92. The van der Waals surface area contributed by atoms with E-state index in [1.165, 1.54) is 17.4 Å². The maximum atomic E-state index is 12.8. The first kappa shape index (κ1) is 23.5. The van der Waals surface area contributed by atoms with Crippen LogP contribution in [0.3, 0.4) is 0 Å². The van der Waals surface area contributed by atoms with Crippen LogP contribution >= 0.6 is 11.3 Å². The fourth-order valence-corrected chi connectivity index (χ4v) is 5.09. The monoisotopic (exact) mass is 493 g/mol. The number of benzene rings is 3. The van der Waals surface area contributed by atoms with Gasteiger partial charge in [-0.1, -0.05) is 23.8 Å². The summed E-state index contributed by atoms with van der Waals surface area (Å²) in [6, 6.07) is 18.6. The fourth-order valence-electron chi connectivity index (χ4n) is 3.33. The summed E-state index contributed by atoms with van der Waals surface area (Å²) in [5, 5.41) is 5.09. The van der Waals surface area contributed by atoms with Gasteiger partial charge in [0.05, 0.1) is 17.7 Å².